The molecule has 0 aromatic carbocycles. The smallest absolute Gasteiger partial charge is 0.306 e. The van der Waals surface area contributed by atoms with E-state index in [1.165, 1.54) is 19.2 Å². The van der Waals surface area contributed by atoms with Crippen LogP contribution in [0.4, 0.5) is 28.0 Å². The first-order valence-electron chi connectivity index (χ1n) is 7.58. The van der Waals surface area contributed by atoms with E-state index in [0.717, 1.165) is 6.92 Å². The zero-order valence-corrected chi connectivity index (χ0v) is 15.8. The number of halogens is 6. The summed E-state index contributed by atoms with van der Waals surface area (Å²) in [5, 5.41) is 2.97. The largest absolute Gasteiger partial charge is 0.397 e. The predicted molar refractivity (Wildman–Crippen MR) is 94.1 cm³/mol. The summed E-state index contributed by atoms with van der Waals surface area (Å²) < 4.78 is 52.6. The molecule has 12 heteroatoms. The van der Waals surface area contributed by atoms with Crippen LogP contribution in [0.1, 0.15) is 34.5 Å². The average molecular weight is 439 g/mol. The van der Waals surface area contributed by atoms with Crippen LogP contribution in [0.25, 0.3) is 0 Å². The van der Waals surface area contributed by atoms with Gasteiger partial charge in [0.05, 0.1) is 22.9 Å². The van der Waals surface area contributed by atoms with Gasteiger partial charge in [-0.3, -0.25) is 15.1 Å². The van der Waals surface area contributed by atoms with Crippen molar-refractivity contribution in [2.24, 2.45) is 0 Å². The molecule has 3 amide bonds. The van der Waals surface area contributed by atoms with Crippen LogP contribution >= 0.6 is 23.2 Å². The molecule has 6 nitrogen and oxygen atoms in total. The van der Waals surface area contributed by atoms with Crippen LogP contribution in [0.5, 0.6) is 0 Å². The van der Waals surface area contributed by atoms with E-state index in [0.29, 0.717) is 11.6 Å². The zero-order valence-electron chi connectivity index (χ0n) is 14.3. The third-order valence-electron chi connectivity index (χ3n) is 3.69. The number of aryl methyl sites for hydroxylation is 1. The molecular weight excluding hydrogens is 427 g/mol. The Balaban J connectivity index is 2.25. The van der Waals surface area contributed by atoms with Crippen molar-refractivity contribution in [1.29, 1.82) is 0 Å². The summed E-state index contributed by atoms with van der Waals surface area (Å²) in [6, 6.07) is 0.898. The van der Waals surface area contributed by atoms with Crippen molar-refractivity contribution in [2.75, 3.05) is 5.32 Å². The Labute approximate surface area is 166 Å². The van der Waals surface area contributed by atoms with Gasteiger partial charge in [-0.2, -0.15) is 13.2 Å². The lowest BCUT2D eigenvalue weighted by Gasteiger charge is -2.20. The molecule has 2 rings (SSSR count). The van der Waals surface area contributed by atoms with Gasteiger partial charge in [0.2, 0.25) is 0 Å². The summed E-state index contributed by atoms with van der Waals surface area (Å²) in [6.45, 7) is 2.35. The molecule has 2 aromatic heterocycles. The third kappa shape index (κ3) is 4.87. The second kappa shape index (κ2) is 8.27. The minimum Gasteiger partial charge on any atom is -0.306 e. The van der Waals surface area contributed by atoms with Gasteiger partial charge in [0, 0.05) is 6.20 Å². The van der Waals surface area contributed by atoms with E-state index in [2.05, 4.69) is 15.3 Å². The fourth-order valence-electron chi connectivity index (χ4n) is 2.15. The molecule has 0 saturated carbocycles. The fourth-order valence-corrected chi connectivity index (χ4v) is 2.55. The number of rotatable bonds is 3. The molecule has 0 aliphatic carbocycles. The van der Waals surface area contributed by atoms with Crippen LogP contribution in [-0.2, 0) is 0 Å². The lowest BCUT2D eigenvalue weighted by atomic mass is 10.0. The van der Waals surface area contributed by atoms with E-state index in [-0.39, 0.29) is 5.69 Å². The second-order valence-electron chi connectivity index (χ2n) is 5.66. The number of carbonyl (C=O) groups excluding carboxylic acids is 2. The van der Waals surface area contributed by atoms with E-state index in [1.807, 2.05) is 5.32 Å². The van der Waals surface area contributed by atoms with Gasteiger partial charge in [-0.25, -0.2) is 14.2 Å². The molecule has 0 radical (unpaired) electrons. The number of amides is 3. The number of imide groups is 1. The molecule has 2 aromatic rings. The molecule has 0 aliphatic rings. The van der Waals surface area contributed by atoms with E-state index in [4.69, 9.17) is 23.2 Å². The number of anilines is 1. The molecule has 0 unspecified atom stereocenters. The van der Waals surface area contributed by atoms with Crippen LogP contribution in [0.15, 0.2) is 18.3 Å². The van der Waals surface area contributed by atoms with Crippen LogP contribution in [0.2, 0.25) is 10.3 Å². The molecule has 2 N–H and O–H groups in total. The fraction of sp³-hybridized carbons (Fsp3) is 0.250. The molecule has 150 valence electrons. The van der Waals surface area contributed by atoms with Gasteiger partial charge in [-0.1, -0.05) is 23.2 Å². The molecule has 1 atom stereocenters. The predicted octanol–water partition coefficient (Wildman–Crippen LogP) is 4.86. The normalized spacial score (nSPS) is 12.4. The number of nitrogens with zero attached hydrogens (tertiary/aromatic N) is 2. The molecule has 0 saturated heterocycles. The van der Waals surface area contributed by atoms with Crippen molar-refractivity contribution in [2.45, 2.75) is 25.9 Å². The van der Waals surface area contributed by atoms with Gasteiger partial charge in [0.15, 0.2) is 11.0 Å². The highest BCUT2D eigenvalue weighted by molar-refractivity contribution is 6.35. The van der Waals surface area contributed by atoms with E-state index >= 15 is 0 Å². The molecule has 0 aliphatic heterocycles. The second-order valence-corrected chi connectivity index (χ2v) is 6.38. The van der Waals surface area contributed by atoms with Gasteiger partial charge in [-0.15, -0.1) is 0 Å². The Kier molecular flexibility index (Phi) is 6.45. The van der Waals surface area contributed by atoms with Crippen molar-refractivity contribution >= 4 is 40.8 Å². The highest BCUT2D eigenvalue weighted by Gasteiger charge is 2.39. The third-order valence-corrected chi connectivity index (χ3v) is 4.24. The minimum atomic E-state index is -4.59. The summed E-state index contributed by atoms with van der Waals surface area (Å²) in [5.41, 5.74) is -0.817. The Morgan fingerprint density at radius 2 is 1.86 bits per heavy atom. The van der Waals surface area contributed by atoms with Crippen LogP contribution in [0, 0.1) is 12.7 Å². The van der Waals surface area contributed by atoms with Crippen molar-refractivity contribution < 1.29 is 27.2 Å². The zero-order chi connectivity index (χ0) is 21.2. The monoisotopic (exact) mass is 438 g/mol. The summed E-state index contributed by atoms with van der Waals surface area (Å²) in [7, 11) is 0. The number of urea groups is 1. The number of alkyl halides is 3. The van der Waals surface area contributed by atoms with Crippen LogP contribution in [-0.4, -0.2) is 28.1 Å². The molecule has 2 heterocycles. The summed E-state index contributed by atoms with van der Waals surface area (Å²) in [6.07, 6.45) is -3.42. The number of nitrogens with one attached hydrogen (secondary N) is 2. The SMILES string of the molecule is Cc1ccnc([C@H](C)C(F)(F)F)c1NC(=O)NC(=O)c1cc(F)c(Cl)nc1Cl. The molecular formula is C16H12Cl2F4N4O2. The first kappa shape index (κ1) is 21.8. The van der Waals surface area contributed by atoms with E-state index < -0.39 is 51.4 Å². The first-order chi connectivity index (χ1) is 12.9. The molecule has 28 heavy (non-hydrogen) atoms. The topological polar surface area (TPSA) is 84.0 Å². The maximum atomic E-state index is 13.5. The summed E-state index contributed by atoms with van der Waals surface area (Å²) in [4.78, 5) is 31.3. The van der Waals surface area contributed by atoms with Crippen molar-refractivity contribution in [3.63, 3.8) is 0 Å². The first-order valence-corrected chi connectivity index (χ1v) is 8.33. The maximum Gasteiger partial charge on any atom is 0.397 e. The standard InChI is InChI=1S/C16H12Cl2F4N4O2/c1-6-3-4-23-11(7(2)16(20,21)22)10(6)24-15(28)26-14(27)8-5-9(19)13(18)25-12(8)17/h3-5,7H,1-2H3,(H2,24,26,27,28)/t7-/m0/s1. The highest BCUT2D eigenvalue weighted by Crippen LogP contribution is 2.37. The quantitative estimate of drug-likeness (QED) is 0.529. The Morgan fingerprint density at radius 1 is 1.21 bits per heavy atom. The number of pyridine rings is 2. The van der Waals surface area contributed by atoms with Crippen molar-refractivity contribution in [3.05, 3.63) is 51.3 Å². The number of hydrogen-bond acceptors (Lipinski definition) is 4. The van der Waals surface area contributed by atoms with Gasteiger partial charge < -0.3 is 5.32 Å². The Bertz CT molecular complexity index is 938. The lowest BCUT2D eigenvalue weighted by Crippen LogP contribution is -2.35. The van der Waals surface area contributed by atoms with E-state index in [1.54, 1.807) is 0 Å². The van der Waals surface area contributed by atoms with Crippen molar-refractivity contribution in [1.82, 2.24) is 15.3 Å². The van der Waals surface area contributed by atoms with Gasteiger partial charge in [-0.05, 0) is 31.5 Å². The van der Waals surface area contributed by atoms with Crippen LogP contribution in [0.3, 0.4) is 0 Å². The van der Waals surface area contributed by atoms with E-state index in [9.17, 15) is 27.2 Å². The highest BCUT2D eigenvalue weighted by atomic mass is 35.5. The van der Waals surface area contributed by atoms with Gasteiger partial charge in [0.25, 0.3) is 5.91 Å². The van der Waals surface area contributed by atoms with Gasteiger partial charge in [0.1, 0.15) is 5.15 Å². The number of hydrogen-bond donors (Lipinski definition) is 2. The summed E-state index contributed by atoms with van der Waals surface area (Å²) >= 11 is 11.1. The number of carbonyl (C=O) groups is 2. The molecule has 0 bridgehead atoms. The average Bonchev–Trinajstić information content (AvgIpc) is 2.58. The van der Waals surface area contributed by atoms with Crippen molar-refractivity contribution in [3.8, 4) is 0 Å². The lowest BCUT2D eigenvalue weighted by molar-refractivity contribution is -0.146. The summed E-state index contributed by atoms with van der Waals surface area (Å²) in [5.74, 6) is -4.14. The maximum absolute atomic E-state index is 13.5. The molecule has 0 spiro atoms. The van der Waals surface area contributed by atoms with Crippen LogP contribution < -0.4 is 10.6 Å². The van der Waals surface area contributed by atoms with Gasteiger partial charge >= 0.3 is 12.2 Å². The minimum absolute atomic E-state index is 0.205. The number of aromatic nitrogens is 2. The Hall–Kier alpha value is -2.46. The molecule has 0 fully saturated rings. The Morgan fingerprint density at radius 3 is 2.46 bits per heavy atom.